The third-order valence-corrected chi connectivity index (χ3v) is 6.28. The van der Waals surface area contributed by atoms with Crippen LogP contribution in [0.5, 0.6) is 11.6 Å². The average molecular weight is 441 g/mol. The molecule has 3 aromatic rings. The summed E-state index contributed by atoms with van der Waals surface area (Å²) in [6.45, 7) is 3.73. The van der Waals surface area contributed by atoms with E-state index in [1.54, 1.807) is 24.4 Å². The maximum absolute atomic E-state index is 14.6. The molecule has 2 heterocycles. The van der Waals surface area contributed by atoms with E-state index < -0.39 is 20.7 Å². The van der Waals surface area contributed by atoms with Crippen molar-refractivity contribution in [2.45, 2.75) is 31.6 Å². The first-order chi connectivity index (χ1) is 14.7. The summed E-state index contributed by atoms with van der Waals surface area (Å²) in [7, 11) is -4.21. The Morgan fingerprint density at radius 2 is 1.90 bits per heavy atom. The number of benzene rings is 2. The van der Waals surface area contributed by atoms with Gasteiger partial charge in [-0.1, -0.05) is 6.07 Å². The molecular formula is C22H20FN3O4S. The van der Waals surface area contributed by atoms with Gasteiger partial charge in [0.2, 0.25) is 11.8 Å². The molecule has 7 nitrogen and oxygen atoms in total. The van der Waals surface area contributed by atoms with Crippen molar-refractivity contribution in [2.24, 2.45) is 0 Å². The maximum atomic E-state index is 14.6. The molecule has 0 saturated heterocycles. The molecule has 0 radical (unpaired) electrons. The highest BCUT2D eigenvalue weighted by molar-refractivity contribution is 7.92. The predicted octanol–water partition coefficient (Wildman–Crippen LogP) is 4.32. The fourth-order valence-corrected chi connectivity index (χ4v) is 4.41. The Kier molecular flexibility index (Phi) is 5.36. The van der Waals surface area contributed by atoms with Gasteiger partial charge in [0, 0.05) is 30.4 Å². The van der Waals surface area contributed by atoms with Crippen molar-refractivity contribution >= 4 is 27.3 Å². The van der Waals surface area contributed by atoms with Gasteiger partial charge in [-0.05, 0) is 61.2 Å². The first-order valence-electron chi connectivity index (χ1n) is 9.57. The summed E-state index contributed by atoms with van der Waals surface area (Å²) < 4.78 is 48.5. The summed E-state index contributed by atoms with van der Waals surface area (Å²) >= 11 is 0. The van der Waals surface area contributed by atoms with Crippen molar-refractivity contribution in [1.29, 1.82) is 0 Å². The van der Waals surface area contributed by atoms with Crippen LogP contribution in [0.1, 0.15) is 23.1 Å². The average Bonchev–Trinajstić information content (AvgIpc) is 2.69. The minimum atomic E-state index is -4.21. The van der Waals surface area contributed by atoms with E-state index in [0.29, 0.717) is 29.3 Å². The van der Waals surface area contributed by atoms with E-state index in [2.05, 4.69) is 15.0 Å². The molecule has 2 aromatic carbocycles. The SMILES string of the molecule is Cc1ccnc(Oc2cc(NS(=O)(=O)c3cc4c(cc3F)NC(=O)CC4)ccc2C)c1. The zero-order valence-corrected chi connectivity index (χ0v) is 17.7. The highest BCUT2D eigenvalue weighted by Gasteiger charge is 2.25. The van der Waals surface area contributed by atoms with Crippen LogP contribution in [0.25, 0.3) is 0 Å². The minimum Gasteiger partial charge on any atom is -0.439 e. The molecule has 0 atom stereocenters. The molecule has 1 aliphatic rings. The molecule has 31 heavy (non-hydrogen) atoms. The van der Waals surface area contributed by atoms with Gasteiger partial charge in [-0.2, -0.15) is 0 Å². The monoisotopic (exact) mass is 441 g/mol. The Hall–Kier alpha value is -3.46. The summed E-state index contributed by atoms with van der Waals surface area (Å²) in [5.41, 5.74) is 2.84. The second-order valence-corrected chi connectivity index (χ2v) is 9.00. The number of fused-ring (bicyclic) bond motifs is 1. The van der Waals surface area contributed by atoms with E-state index in [9.17, 15) is 17.6 Å². The van der Waals surface area contributed by atoms with Gasteiger partial charge in [-0.25, -0.2) is 17.8 Å². The highest BCUT2D eigenvalue weighted by Crippen LogP contribution is 2.31. The van der Waals surface area contributed by atoms with Crippen molar-refractivity contribution in [3.8, 4) is 11.6 Å². The lowest BCUT2D eigenvalue weighted by Crippen LogP contribution is -2.21. The van der Waals surface area contributed by atoms with Crippen molar-refractivity contribution < 1.29 is 22.3 Å². The van der Waals surface area contributed by atoms with E-state index in [0.717, 1.165) is 17.2 Å². The van der Waals surface area contributed by atoms with E-state index in [1.807, 2.05) is 19.9 Å². The quantitative estimate of drug-likeness (QED) is 0.615. The number of ether oxygens (including phenoxy) is 1. The van der Waals surface area contributed by atoms with Crippen LogP contribution in [-0.4, -0.2) is 19.3 Å². The van der Waals surface area contributed by atoms with Crippen molar-refractivity contribution in [3.05, 3.63) is 71.2 Å². The Balaban J connectivity index is 1.62. The van der Waals surface area contributed by atoms with Gasteiger partial charge in [0.25, 0.3) is 10.0 Å². The third-order valence-electron chi connectivity index (χ3n) is 4.89. The molecule has 0 fully saturated rings. The summed E-state index contributed by atoms with van der Waals surface area (Å²) in [6.07, 6.45) is 2.18. The zero-order chi connectivity index (χ0) is 22.2. The number of pyridine rings is 1. The van der Waals surface area contributed by atoms with Crippen molar-refractivity contribution in [3.63, 3.8) is 0 Å². The van der Waals surface area contributed by atoms with Crippen LogP contribution >= 0.6 is 0 Å². The van der Waals surface area contributed by atoms with Gasteiger partial charge in [-0.15, -0.1) is 0 Å². The number of aromatic nitrogens is 1. The van der Waals surface area contributed by atoms with Crippen molar-refractivity contribution in [1.82, 2.24) is 4.98 Å². The molecule has 0 spiro atoms. The van der Waals surface area contributed by atoms with Crippen LogP contribution in [-0.2, 0) is 21.2 Å². The highest BCUT2D eigenvalue weighted by atomic mass is 32.2. The number of halogens is 1. The second-order valence-electron chi connectivity index (χ2n) is 7.35. The Bertz CT molecular complexity index is 1290. The van der Waals surface area contributed by atoms with Gasteiger partial charge < -0.3 is 10.1 Å². The molecule has 4 rings (SSSR count). The minimum absolute atomic E-state index is 0.219. The summed E-state index contributed by atoms with van der Waals surface area (Å²) in [4.78, 5) is 15.2. The number of sulfonamides is 1. The van der Waals surface area contributed by atoms with Crippen LogP contribution in [0.3, 0.4) is 0 Å². The summed E-state index contributed by atoms with van der Waals surface area (Å²) in [5, 5.41) is 2.55. The Morgan fingerprint density at radius 1 is 1.10 bits per heavy atom. The number of nitrogens with zero attached hydrogens (tertiary/aromatic N) is 1. The number of carbonyl (C=O) groups is 1. The fraction of sp³-hybridized carbons (Fsp3) is 0.182. The number of nitrogens with one attached hydrogen (secondary N) is 2. The molecule has 0 unspecified atom stereocenters. The molecular weight excluding hydrogens is 421 g/mol. The first kappa shape index (κ1) is 20.8. The molecule has 0 bridgehead atoms. The largest absolute Gasteiger partial charge is 0.439 e. The van der Waals surface area contributed by atoms with Gasteiger partial charge >= 0.3 is 0 Å². The molecule has 160 valence electrons. The van der Waals surface area contributed by atoms with Crippen LogP contribution in [0.15, 0.2) is 53.6 Å². The number of rotatable bonds is 5. The van der Waals surface area contributed by atoms with Gasteiger partial charge in [0.1, 0.15) is 16.5 Å². The summed E-state index contributed by atoms with van der Waals surface area (Å²) in [6, 6.07) is 10.7. The standard InChI is InChI=1S/C22H20FN3O4S/c1-13-7-8-24-22(9-13)30-19-11-16(5-3-14(19)2)26-31(28,29)20-10-15-4-6-21(27)25-18(15)12-17(20)23/h3,5,7-12,26H,4,6H2,1-2H3,(H,25,27). The number of hydrogen-bond acceptors (Lipinski definition) is 5. The molecule has 0 aliphatic carbocycles. The normalized spacial score (nSPS) is 13.3. The number of hydrogen-bond donors (Lipinski definition) is 2. The third kappa shape index (κ3) is 4.51. The topological polar surface area (TPSA) is 97.4 Å². The zero-order valence-electron chi connectivity index (χ0n) is 16.9. The van der Waals surface area contributed by atoms with Crippen LogP contribution in [0.2, 0.25) is 0 Å². The van der Waals surface area contributed by atoms with Crippen LogP contribution in [0, 0.1) is 19.7 Å². The molecule has 2 N–H and O–H groups in total. The number of aryl methyl sites for hydroxylation is 3. The first-order valence-corrected chi connectivity index (χ1v) is 11.1. The van der Waals surface area contributed by atoms with Crippen molar-refractivity contribution in [2.75, 3.05) is 10.0 Å². The molecule has 0 saturated carbocycles. The van der Waals surface area contributed by atoms with Crippen LogP contribution < -0.4 is 14.8 Å². The van der Waals surface area contributed by atoms with Crippen LogP contribution in [0.4, 0.5) is 15.8 Å². The van der Waals surface area contributed by atoms with Gasteiger partial charge in [0.15, 0.2) is 0 Å². The number of amides is 1. The number of carbonyl (C=O) groups excluding carboxylic acids is 1. The summed E-state index contributed by atoms with van der Waals surface area (Å²) in [5.74, 6) is -0.366. The number of anilines is 2. The lowest BCUT2D eigenvalue weighted by Gasteiger charge is -2.18. The lowest BCUT2D eigenvalue weighted by molar-refractivity contribution is -0.116. The fourth-order valence-electron chi connectivity index (χ4n) is 3.25. The second kappa shape index (κ2) is 7.99. The van der Waals surface area contributed by atoms with Gasteiger partial charge in [-0.3, -0.25) is 9.52 Å². The molecule has 1 aliphatic heterocycles. The van der Waals surface area contributed by atoms with Gasteiger partial charge in [0.05, 0.1) is 5.69 Å². The Labute approximate surface area is 179 Å². The smallest absolute Gasteiger partial charge is 0.264 e. The lowest BCUT2D eigenvalue weighted by atomic mass is 10.0. The van der Waals surface area contributed by atoms with E-state index in [4.69, 9.17) is 4.74 Å². The molecule has 1 amide bonds. The molecule has 1 aromatic heterocycles. The van der Waals surface area contributed by atoms with E-state index in [-0.39, 0.29) is 18.0 Å². The predicted molar refractivity (Wildman–Crippen MR) is 114 cm³/mol. The Morgan fingerprint density at radius 3 is 2.68 bits per heavy atom. The molecule has 9 heteroatoms. The maximum Gasteiger partial charge on any atom is 0.264 e. The van der Waals surface area contributed by atoms with E-state index >= 15 is 0 Å². The van der Waals surface area contributed by atoms with E-state index in [1.165, 1.54) is 12.1 Å².